The van der Waals surface area contributed by atoms with E-state index in [-0.39, 0.29) is 23.4 Å². The minimum atomic E-state index is -2.67. The molecule has 1 aliphatic carbocycles. The summed E-state index contributed by atoms with van der Waals surface area (Å²) in [6.45, 7) is 0. The van der Waals surface area contributed by atoms with Crippen molar-refractivity contribution in [3.63, 3.8) is 0 Å². The number of aromatic nitrogens is 2. The molecule has 0 aliphatic heterocycles. The molecule has 8 heteroatoms. The lowest BCUT2D eigenvalue weighted by Gasteiger charge is -2.25. The molecule has 26 heavy (non-hydrogen) atoms. The molecule has 1 aromatic carbocycles. The van der Waals surface area contributed by atoms with E-state index >= 15 is 0 Å². The summed E-state index contributed by atoms with van der Waals surface area (Å²) in [7, 11) is 1.60. The zero-order chi connectivity index (χ0) is 18.4. The summed E-state index contributed by atoms with van der Waals surface area (Å²) in [5, 5.41) is 16.7. The Hall–Kier alpha value is -2.48. The van der Waals surface area contributed by atoms with Crippen LogP contribution in [-0.4, -0.2) is 26.8 Å². The zero-order valence-corrected chi connectivity index (χ0v) is 14.8. The van der Waals surface area contributed by atoms with Crippen molar-refractivity contribution >= 4 is 27.5 Å². The minimum Gasteiger partial charge on any atom is -0.508 e. The van der Waals surface area contributed by atoms with Crippen LogP contribution in [0.25, 0.3) is 10.2 Å². The first-order valence-electron chi connectivity index (χ1n) is 8.28. The lowest BCUT2D eigenvalue weighted by Crippen LogP contribution is -2.38. The van der Waals surface area contributed by atoms with E-state index in [9.17, 15) is 18.7 Å². The highest BCUT2D eigenvalue weighted by Crippen LogP contribution is 2.33. The van der Waals surface area contributed by atoms with E-state index in [0.29, 0.717) is 21.5 Å². The van der Waals surface area contributed by atoms with Gasteiger partial charge in [-0.25, -0.2) is 8.78 Å². The second-order valence-electron chi connectivity index (χ2n) is 6.51. The third kappa shape index (κ3) is 2.94. The predicted molar refractivity (Wildman–Crippen MR) is 94.9 cm³/mol. The number of aryl methyl sites for hydroxylation is 2. The number of carbonyl (C=O) groups is 1. The molecule has 0 bridgehead atoms. The normalized spacial score (nSPS) is 16.8. The van der Waals surface area contributed by atoms with Crippen molar-refractivity contribution in [1.82, 2.24) is 15.1 Å². The third-order valence-corrected chi connectivity index (χ3v) is 5.92. The van der Waals surface area contributed by atoms with Gasteiger partial charge in [0.25, 0.3) is 12.3 Å². The van der Waals surface area contributed by atoms with Gasteiger partial charge in [-0.05, 0) is 48.6 Å². The molecule has 2 heterocycles. The monoisotopic (exact) mass is 377 g/mol. The van der Waals surface area contributed by atoms with E-state index in [1.54, 1.807) is 19.2 Å². The number of carbonyl (C=O) groups excluding carboxylic acids is 1. The second-order valence-corrected chi connectivity index (χ2v) is 7.54. The van der Waals surface area contributed by atoms with E-state index in [2.05, 4.69) is 10.4 Å². The van der Waals surface area contributed by atoms with Gasteiger partial charge >= 0.3 is 0 Å². The summed E-state index contributed by atoms with van der Waals surface area (Å²) >= 11 is 1.17. The van der Waals surface area contributed by atoms with Gasteiger partial charge in [0.2, 0.25) is 0 Å². The van der Waals surface area contributed by atoms with Crippen LogP contribution in [-0.2, 0) is 19.9 Å². The average molecular weight is 377 g/mol. The van der Waals surface area contributed by atoms with Gasteiger partial charge in [-0.3, -0.25) is 9.48 Å². The van der Waals surface area contributed by atoms with Gasteiger partial charge in [-0.2, -0.15) is 5.10 Å². The number of halogens is 2. The Morgan fingerprint density at radius 2 is 2.19 bits per heavy atom. The van der Waals surface area contributed by atoms with Crippen molar-refractivity contribution in [3.8, 4) is 5.75 Å². The molecule has 4 rings (SSSR count). The van der Waals surface area contributed by atoms with Crippen molar-refractivity contribution < 1.29 is 18.7 Å². The Kier molecular flexibility index (Phi) is 4.14. The lowest BCUT2D eigenvalue weighted by atomic mass is 9.88. The molecule has 5 nitrogen and oxygen atoms in total. The SMILES string of the molecule is Cn1nc(C(F)F)c2cc(C(=O)NC3CCc4cc(O)ccc4C3)sc21. The van der Waals surface area contributed by atoms with E-state index in [1.807, 2.05) is 6.07 Å². The highest BCUT2D eigenvalue weighted by atomic mass is 32.1. The summed E-state index contributed by atoms with van der Waals surface area (Å²) in [4.78, 5) is 13.6. The van der Waals surface area contributed by atoms with Gasteiger partial charge < -0.3 is 10.4 Å². The van der Waals surface area contributed by atoms with Crippen molar-refractivity contribution in [2.75, 3.05) is 0 Å². The van der Waals surface area contributed by atoms with E-state index in [0.717, 1.165) is 24.0 Å². The van der Waals surface area contributed by atoms with Crippen molar-refractivity contribution in [2.24, 2.45) is 7.05 Å². The summed E-state index contributed by atoms with van der Waals surface area (Å²) in [5.41, 5.74) is 1.93. The van der Waals surface area contributed by atoms with Crippen molar-refractivity contribution in [1.29, 1.82) is 0 Å². The van der Waals surface area contributed by atoms with Crippen LogP contribution in [0.1, 0.15) is 39.3 Å². The quantitative estimate of drug-likeness (QED) is 0.733. The van der Waals surface area contributed by atoms with Gasteiger partial charge in [0.15, 0.2) is 0 Å². The summed E-state index contributed by atoms with van der Waals surface area (Å²) in [6, 6.07) is 6.77. The molecule has 0 spiro atoms. The van der Waals surface area contributed by atoms with Crippen LogP contribution >= 0.6 is 11.3 Å². The molecular formula is C18H17F2N3O2S. The number of rotatable bonds is 3. The van der Waals surface area contributed by atoms with Gasteiger partial charge in [-0.1, -0.05) is 6.07 Å². The number of benzene rings is 1. The first-order valence-corrected chi connectivity index (χ1v) is 9.10. The highest BCUT2D eigenvalue weighted by molar-refractivity contribution is 7.20. The van der Waals surface area contributed by atoms with Crippen molar-refractivity contribution in [2.45, 2.75) is 31.7 Å². The smallest absolute Gasteiger partial charge is 0.282 e. The first-order chi connectivity index (χ1) is 12.4. The average Bonchev–Trinajstić information content (AvgIpc) is 3.16. The molecular weight excluding hydrogens is 360 g/mol. The molecule has 1 amide bonds. The maximum atomic E-state index is 13.1. The molecule has 0 radical (unpaired) electrons. The lowest BCUT2D eigenvalue weighted by molar-refractivity contribution is 0.0937. The van der Waals surface area contributed by atoms with Crippen LogP contribution in [0, 0.1) is 0 Å². The number of alkyl halides is 2. The maximum Gasteiger partial charge on any atom is 0.282 e. The van der Waals surface area contributed by atoms with Crippen LogP contribution < -0.4 is 5.32 Å². The third-order valence-electron chi connectivity index (χ3n) is 4.72. The van der Waals surface area contributed by atoms with E-state index < -0.39 is 6.43 Å². The molecule has 0 saturated carbocycles. The largest absolute Gasteiger partial charge is 0.508 e. The number of phenols is 1. The van der Waals surface area contributed by atoms with Gasteiger partial charge in [0.1, 0.15) is 16.3 Å². The van der Waals surface area contributed by atoms with Crippen LogP contribution in [0.4, 0.5) is 8.78 Å². The van der Waals surface area contributed by atoms with Gasteiger partial charge in [-0.15, -0.1) is 11.3 Å². The fraction of sp³-hybridized carbons (Fsp3) is 0.333. The Morgan fingerprint density at radius 1 is 1.38 bits per heavy atom. The van der Waals surface area contributed by atoms with Crippen LogP contribution in [0.3, 0.4) is 0 Å². The number of amides is 1. The molecule has 1 aliphatic rings. The predicted octanol–water partition coefficient (Wildman–Crippen LogP) is 3.57. The summed E-state index contributed by atoms with van der Waals surface area (Å²) < 4.78 is 27.5. The minimum absolute atomic E-state index is 0.0163. The Morgan fingerprint density at radius 3 is 2.96 bits per heavy atom. The first kappa shape index (κ1) is 17.0. The summed E-state index contributed by atoms with van der Waals surface area (Å²) in [5.74, 6) is -0.00130. The van der Waals surface area contributed by atoms with E-state index in [1.165, 1.54) is 22.1 Å². The standard InChI is InChI=1S/C18H17F2N3O2S/c1-23-18-13(15(22-23)16(19)20)8-14(26-18)17(25)21-11-4-2-10-7-12(24)5-3-9(10)6-11/h3,5,7-8,11,16,24H,2,4,6H2,1H3,(H,21,25). The van der Waals surface area contributed by atoms with Gasteiger partial charge in [0, 0.05) is 18.5 Å². The van der Waals surface area contributed by atoms with Gasteiger partial charge in [0.05, 0.1) is 4.88 Å². The Balaban J connectivity index is 1.53. The number of nitrogens with one attached hydrogen (secondary N) is 1. The number of hydrogen-bond donors (Lipinski definition) is 2. The molecule has 1 atom stereocenters. The molecule has 136 valence electrons. The number of nitrogens with zero attached hydrogens (tertiary/aromatic N) is 2. The van der Waals surface area contributed by atoms with Crippen LogP contribution in [0.15, 0.2) is 24.3 Å². The summed E-state index contributed by atoms with van der Waals surface area (Å²) in [6.07, 6.45) is -0.427. The molecule has 3 aromatic rings. The van der Waals surface area contributed by atoms with Crippen molar-refractivity contribution in [3.05, 3.63) is 46.0 Å². The number of hydrogen-bond acceptors (Lipinski definition) is 4. The number of fused-ring (bicyclic) bond motifs is 2. The zero-order valence-electron chi connectivity index (χ0n) is 14.0. The molecule has 1 unspecified atom stereocenters. The van der Waals surface area contributed by atoms with Crippen LogP contribution in [0.5, 0.6) is 5.75 Å². The Bertz CT molecular complexity index is 996. The number of thiophene rings is 1. The topological polar surface area (TPSA) is 67.2 Å². The van der Waals surface area contributed by atoms with E-state index in [4.69, 9.17) is 0 Å². The van der Waals surface area contributed by atoms with Crippen LogP contribution in [0.2, 0.25) is 0 Å². The fourth-order valence-electron chi connectivity index (χ4n) is 3.46. The maximum absolute atomic E-state index is 13.1. The number of aromatic hydroxyl groups is 1. The molecule has 2 N–H and O–H groups in total. The second kappa shape index (κ2) is 6.35. The fourth-order valence-corrected chi connectivity index (χ4v) is 4.44. The molecule has 2 aromatic heterocycles. The molecule has 0 fully saturated rings. The highest BCUT2D eigenvalue weighted by Gasteiger charge is 2.24. The Labute approximate surface area is 152 Å². The number of phenolic OH excluding ortho intramolecular Hbond substituents is 1. The molecule has 0 saturated heterocycles.